The van der Waals surface area contributed by atoms with Crippen LogP contribution in [0.3, 0.4) is 0 Å². The molecular formula is C14H18BrNO5S. The summed E-state index contributed by atoms with van der Waals surface area (Å²) in [6.45, 7) is 1.97. The molecule has 0 saturated carbocycles. The molecule has 0 bridgehead atoms. The molecule has 1 fully saturated rings. The maximum absolute atomic E-state index is 12.8. The van der Waals surface area contributed by atoms with Crippen LogP contribution in [0.5, 0.6) is 5.75 Å². The summed E-state index contributed by atoms with van der Waals surface area (Å²) in [6.07, 6.45) is 1.03. The van der Waals surface area contributed by atoms with E-state index in [0.29, 0.717) is 29.6 Å². The van der Waals surface area contributed by atoms with Crippen LogP contribution in [0.4, 0.5) is 0 Å². The second-order valence-corrected chi connectivity index (χ2v) is 7.98. The fourth-order valence-electron chi connectivity index (χ4n) is 2.72. The van der Waals surface area contributed by atoms with Gasteiger partial charge in [-0.1, -0.05) is 0 Å². The minimum Gasteiger partial charge on any atom is -0.496 e. The minimum atomic E-state index is -3.76. The molecule has 1 heterocycles. The lowest BCUT2D eigenvalue weighted by molar-refractivity contribution is -0.144. The summed E-state index contributed by atoms with van der Waals surface area (Å²) in [5, 5.41) is 9.23. The van der Waals surface area contributed by atoms with E-state index in [4.69, 9.17) is 4.74 Å². The molecule has 0 aromatic heterocycles. The molecule has 6 nitrogen and oxygen atoms in total. The number of carbonyl (C=O) groups is 1. The maximum atomic E-state index is 12.8. The molecule has 0 spiro atoms. The highest BCUT2D eigenvalue weighted by molar-refractivity contribution is 9.10. The number of benzene rings is 1. The molecule has 2 rings (SSSR count). The van der Waals surface area contributed by atoms with Crippen LogP contribution in [0, 0.1) is 5.92 Å². The third-order valence-corrected chi connectivity index (χ3v) is 6.61. The number of carboxylic acid groups (broad SMARTS) is 1. The van der Waals surface area contributed by atoms with Gasteiger partial charge in [-0.15, -0.1) is 0 Å². The summed E-state index contributed by atoms with van der Waals surface area (Å²) in [5.74, 6) is -1.22. The van der Waals surface area contributed by atoms with Crippen LogP contribution < -0.4 is 4.74 Å². The summed E-state index contributed by atoms with van der Waals surface area (Å²) < 4.78 is 32.7. The number of piperidine rings is 1. The van der Waals surface area contributed by atoms with Crippen molar-refractivity contribution in [3.63, 3.8) is 0 Å². The topological polar surface area (TPSA) is 83.9 Å². The summed E-state index contributed by atoms with van der Waals surface area (Å²) in [7, 11) is -2.30. The molecule has 122 valence electrons. The summed E-state index contributed by atoms with van der Waals surface area (Å²) in [5.41, 5.74) is 0. The number of carboxylic acids is 1. The number of aliphatic carboxylic acids is 1. The van der Waals surface area contributed by atoms with Crippen molar-refractivity contribution >= 4 is 31.9 Å². The van der Waals surface area contributed by atoms with Crippen molar-refractivity contribution in [1.29, 1.82) is 0 Å². The van der Waals surface area contributed by atoms with Crippen LogP contribution >= 0.6 is 15.9 Å². The Balaban J connectivity index is 2.39. The first kappa shape index (κ1) is 17.2. The molecule has 0 amide bonds. The summed E-state index contributed by atoms with van der Waals surface area (Å²) in [4.78, 5) is 11.4. The van der Waals surface area contributed by atoms with Crippen molar-refractivity contribution < 1.29 is 23.1 Å². The largest absolute Gasteiger partial charge is 0.496 e. The van der Waals surface area contributed by atoms with Gasteiger partial charge in [-0.2, -0.15) is 4.31 Å². The monoisotopic (exact) mass is 391 g/mol. The Bertz CT molecular complexity index is 676. The molecular weight excluding hydrogens is 374 g/mol. The Hall–Kier alpha value is -1.12. The third-order valence-electron chi connectivity index (χ3n) is 3.98. The van der Waals surface area contributed by atoms with Gasteiger partial charge in [0.2, 0.25) is 10.0 Å². The lowest BCUT2D eigenvalue weighted by atomic mass is 9.92. The highest BCUT2D eigenvalue weighted by Crippen LogP contribution is 2.33. The average Bonchev–Trinajstić information content (AvgIpc) is 2.47. The van der Waals surface area contributed by atoms with E-state index in [1.807, 2.05) is 0 Å². The van der Waals surface area contributed by atoms with Crippen LogP contribution in [0.25, 0.3) is 0 Å². The number of rotatable bonds is 4. The van der Waals surface area contributed by atoms with Crippen LogP contribution in [-0.2, 0) is 14.8 Å². The summed E-state index contributed by atoms with van der Waals surface area (Å²) >= 11 is 3.28. The van der Waals surface area contributed by atoms with Gasteiger partial charge in [0.1, 0.15) is 5.75 Å². The molecule has 1 N–H and O–H groups in total. The first-order valence-corrected chi connectivity index (χ1v) is 9.10. The van der Waals surface area contributed by atoms with Crippen LogP contribution in [0.15, 0.2) is 27.6 Å². The van der Waals surface area contributed by atoms with E-state index >= 15 is 0 Å². The standard InChI is InChI=1S/C14H18BrNO5S/c1-9-11(14(17)18)4-3-7-16(9)22(19,20)10-5-6-12(15)13(8-10)21-2/h5-6,8-9,11H,3-4,7H2,1-2H3,(H,17,18)/t9-,11-/m0/s1. The Labute approximate surface area is 138 Å². The van der Waals surface area contributed by atoms with Gasteiger partial charge in [-0.3, -0.25) is 4.79 Å². The SMILES string of the molecule is COc1cc(S(=O)(=O)N2CCC[C@H](C(=O)O)[C@@H]2C)ccc1Br. The molecule has 1 aromatic carbocycles. The van der Waals surface area contributed by atoms with E-state index in [-0.39, 0.29) is 4.90 Å². The van der Waals surface area contributed by atoms with E-state index in [9.17, 15) is 18.3 Å². The second-order valence-electron chi connectivity index (χ2n) is 5.24. The fourth-order valence-corrected chi connectivity index (χ4v) is 4.85. The highest BCUT2D eigenvalue weighted by atomic mass is 79.9. The first-order chi connectivity index (χ1) is 10.3. The van der Waals surface area contributed by atoms with Crippen molar-refractivity contribution in [2.24, 2.45) is 5.92 Å². The van der Waals surface area contributed by atoms with Gasteiger partial charge in [-0.05, 0) is 47.8 Å². The van der Waals surface area contributed by atoms with Crippen molar-refractivity contribution in [3.05, 3.63) is 22.7 Å². The molecule has 0 radical (unpaired) electrons. The zero-order valence-corrected chi connectivity index (χ0v) is 14.7. The molecule has 0 aliphatic carbocycles. The van der Waals surface area contributed by atoms with Crippen molar-refractivity contribution in [2.75, 3.05) is 13.7 Å². The second kappa shape index (κ2) is 6.55. The predicted molar refractivity (Wildman–Crippen MR) is 84.4 cm³/mol. The Morgan fingerprint density at radius 1 is 1.45 bits per heavy atom. The number of methoxy groups -OCH3 is 1. The third kappa shape index (κ3) is 3.13. The van der Waals surface area contributed by atoms with E-state index < -0.39 is 28.0 Å². The average molecular weight is 392 g/mol. The van der Waals surface area contributed by atoms with Crippen LogP contribution in [-0.4, -0.2) is 43.5 Å². The Kier molecular flexibility index (Phi) is 5.14. The number of nitrogens with zero attached hydrogens (tertiary/aromatic N) is 1. The van der Waals surface area contributed by atoms with Gasteiger partial charge < -0.3 is 9.84 Å². The molecule has 0 unspecified atom stereocenters. The van der Waals surface area contributed by atoms with Crippen LogP contribution in [0.1, 0.15) is 19.8 Å². The van der Waals surface area contributed by atoms with Gasteiger partial charge in [0.25, 0.3) is 0 Å². The Morgan fingerprint density at radius 3 is 2.73 bits per heavy atom. The number of halogens is 1. The quantitative estimate of drug-likeness (QED) is 0.851. The zero-order valence-electron chi connectivity index (χ0n) is 12.3. The molecule has 1 saturated heterocycles. The molecule has 1 aromatic rings. The van der Waals surface area contributed by atoms with Gasteiger partial charge >= 0.3 is 5.97 Å². The van der Waals surface area contributed by atoms with Gasteiger partial charge in [0, 0.05) is 18.7 Å². The molecule has 22 heavy (non-hydrogen) atoms. The highest BCUT2D eigenvalue weighted by Gasteiger charge is 2.39. The van der Waals surface area contributed by atoms with Gasteiger partial charge in [0.05, 0.1) is 22.4 Å². The minimum absolute atomic E-state index is 0.102. The molecule has 1 aliphatic rings. The van der Waals surface area contributed by atoms with Gasteiger partial charge in [0.15, 0.2) is 0 Å². The zero-order chi connectivity index (χ0) is 16.5. The predicted octanol–water partition coefficient (Wildman–Crippen LogP) is 2.33. The van der Waals surface area contributed by atoms with E-state index in [1.54, 1.807) is 13.0 Å². The number of hydrogen-bond donors (Lipinski definition) is 1. The van der Waals surface area contributed by atoms with Crippen molar-refractivity contribution in [3.8, 4) is 5.75 Å². The van der Waals surface area contributed by atoms with Crippen LogP contribution in [0.2, 0.25) is 0 Å². The first-order valence-electron chi connectivity index (χ1n) is 6.87. The van der Waals surface area contributed by atoms with E-state index in [1.165, 1.54) is 23.5 Å². The molecule has 1 aliphatic heterocycles. The maximum Gasteiger partial charge on any atom is 0.308 e. The smallest absolute Gasteiger partial charge is 0.308 e. The number of ether oxygens (including phenoxy) is 1. The Morgan fingerprint density at radius 2 is 2.14 bits per heavy atom. The van der Waals surface area contributed by atoms with Gasteiger partial charge in [-0.25, -0.2) is 8.42 Å². The van der Waals surface area contributed by atoms with E-state index in [0.717, 1.165) is 0 Å². The summed E-state index contributed by atoms with van der Waals surface area (Å²) in [6, 6.07) is 3.95. The van der Waals surface area contributed by atoms with Crippen molar-refractivity contribution in [1.82, 2.24) is 4.31 Å². The molecule has 8 heteroatoms. The molecule has 2 atom stereocenters. The van der Waals surface area contributed by atoms with E-state index in [2.05, 4.69) is 15.9 Å². The lowest BCUT2D eigenvalue weighted by Crippen LogP contribution is -2.48. The fraction of sp³-hybridized carbons (Fsp3) is 0.500. The van der Waals surface area contributed by atoms with Crippen molar-refractivity contribution in [2.45, 2.75) is 30.7 Å². The normalized spacial score (nSPS) is 23.2. The number of sulfonamides is 1. The lowest BCUT2D eigenvalue weighted by Gasteiger charge is -2.36. The number of hydrogen-bond acceptors (Lipinski definition) is 4.